The SMILES string of the molecule is CNC(=O)c1cc(C)ccc1NC(=O)CNC(=O)[C@@H](N)C(C)C. The normalized spacial score (nSPS) is 11.7. The van der Waals surface area contributed by atoms with E-state index < -0.39 is 11.9 Å². The van der Waals surface area contributed by atoms with E-state index in [4.69, 9.17) is 5.73 Å². The highest BCUT2D eigenvalue weighted by Crippen LogP contribution is 2.17. The van der Waals surface area contributed by atoms with Crippen LogP contribution in [0.3, 0.4) is 0 Å². The van der Waals surface area contributed by atoms with E-state index in [-0.39, 0.29) is 24.3 Å². The Morgan fingerprint density at radius 3 is 2.43 bits per heavy atom. The highest BCUT2D eigenvalue weighted by atomic mass is 16.2. The van der Waals surface area contributed by atoms with Crippen molar-refractivity contribution < 1.29 is 14.4 Å². The molecule has 1 aromatic rings. The standard InChI is InChI=1S/C16H24N4O3/c1-9(2)14(17)16(23)19-8-13(21)20-12-6-5-10(3)7-11(12)15(22)18-4/h5-7,9,14H,8,17H2,1-4H3,(H,18,22)(H,19,23)(H,20,21)/t14-/m0/s1. The van der Waals surface area contributed by atoms with Crippen molar-refractivity contribution in [3.63, 3.8) is 0 Å². The van der Waals surface area contributed by atoms with Gasteiger partial charge >= 0.3 is 0 Å². The zero-order valence-electron chi connectivity index (χ0n) is 13.9. The fourth-order valence-corrected chi connectivity index (χ4v) is 1.87. The molecule has 1 atom stereocenters. The van der Waals surface area contributed by atoms with Crippen molar-refractivity contribution >= 4 is 23.4 Å². The molecule has 0 radical (unpaired) electrons. The van der Waals surface area contributed by atoms with E-state index in [9.17, 15) is 14.4 Å². The van der Waals surface area contributed by atoms with Crippen molar-refractivity contribution in [1.82, 2.24) is 10.6 Å². The van der Waals surface area contributed by atoms with Crippen molar-refractivity contribution in [2.45, 2.75) is 26.8 Å². The van der Waals surface area contributed by atoms with Crippen molar-refractivity contribution in [3.05, 3.63) is 29.3 Å². The summed E-state index contributed by atoms with van der Waals surface area (Å²) in [6.07, 6.45) is 0. The van der Waals surface area contributed by atoms with E-state index in [0.29, 0.717) is 11.3 Å². The summed E-state index contributed by atoms with van der Waals surface area (Å²) >= 11 is 0. The third-order valence-electron chi connectivity index (χ3n) is 3.37. The van der Waals surface area contributed by atoms with Crippen LogP contribution in [0, 0.1) is 12.8 Å². The highest BCUT2D eigenvalue weighted by molar-refractivity contribution is 6.04. The van der Waals surface area contributed by atoms with Crippen molar-refractivity contribution in [2.24, 2.45) is 11.7 Å². The Morgan fingerprint density at radius 2 is 1.87 bits per heavy atom. The van der Waals surface area contributed by atoms with Gasteiger partial charge in [-0.1, -0.05) is 25.5 Å². The van der Waals surface area contributed by atoms with E-state index in [1.807, 2.05) is 20.8 Å². The zero-order valence-corrected chi connectivity index (χ0v) is 13.9. The van der Waals surface area contributed by atoms with Gasteiger partial charge in [-0.2, -0.15) is 0 Å². The largest absolute Gasteiger partial charge is 0.355 e. The number of carbonyl (C=O) groups is 3. The van der Waals surface area contributed by atoms with E-state index >= 15 is 0 Å². The molecule has 0 unspecified atom stereocenters. The second kappa shape index (κ2) is 8.28. The fraction of sp³-hybridized carbons (Fsp3) is 0.438. The second-order valence-electron chi connectivity index (χ2n) is 5.66. The van der Waals surface area contributed by atoms with E-state index in [2.05, 4.69) is 16.0 Å². The molecule has 0 saturated carbocycles. The maximum Gasteiger partial charge on any atom is 0.253 e. The van der Waals surface area contributed by atoms with Gasteiger partial charge in [0.15, 0.2) is 0 Å². The van der Waals surface area contributed by atoms with Crippen LogP contribution in [0.1, 0.15) is 29.8 Å². The summed E-state index contributed by atoms with van der Waals surface area (Å²) in [6.45, 7) is 5.30. The number of aryl methyl sites for hydroxylation is 1. The summed E-state index contributed by atoms with van der Waals surface area (Å²) < 4.78 is 0. The first-order chi connectivity index (χ1) is 10.8. The van der Waals surface area contributed by atoms with Gasteiger partial charge in [-0.05, 0) is 25.0 Å². The van der Waals surface area contributed by atoms with Crippen molar-refractivity contribution in [2.75, 3.05) is 18.9 Å². The molecule has 0 bridgehead atoms. The lowest BCUT2D eigenvalue weighted by atomic mass is 10.1. The molecule has 1 aromatic carbocycles. The Balaban J connectivity index is 2.71. The molecular formula is C16H24N4O3. The first kappa shape index (κ1) is 18.6. The van der Waals surface area contributed by atoms with Gasteiger partial charge in [0.25, 0.3) is 5.91 Å². The summed E-state index contributed by atoms with van der Waals surface area (Å²) in [5, 5.41) is 7.63. The van der Waals surface area contributed by atoms with Gasteiger partial charge in [-0.3, -0.25) is 14.4 Å². The minimum absolute atomic E-state index is 0.0185. The summed E-state index contributed by atoms with van der Waals surface area (Å²) in [7, 11) is 1.52. The minimum atomic E-state index is -0.663. The summed E-state index contributed by atoms with van der Waals surface area (Å²) in [4.78, 5) is 35.5. The zero-order chi connectivity index (χ0) is 17.6. The highest BCUT2D eigenvalue weighted by Gasteiger charge is 2.18. The third kappa shape index (κ3) is 5.37. The average Bonchev–Trinajstić information content (AvgIpc) is 2.52. The summed E-state index contributed by atoms with van der Waals surface area (Å²) in [6, 6.07) is 4.46. The molecule has 0 aliphatic heterocycles. The number of hydrogen-bond acceptors (Lipinski definition) is 4. The van der Waals surface area contributed by atoms with E-state index in [1.165, 1.54) is 7.05 Å². The Bertz CT molecular complexity index is 599. The lowest BCUT2D eigenvalue weighted by Crippen LogP contribution is -2.46. The lowest BCUT2D eigenvalue weighted by molar-refractivity contribution is -0.125. The van der Waals surface area contributed by atoms with Crippen LogP contribution in [-0.4, -0.2) is 37.4 Å². The summed E-state index contributed by atoms with van der Waals surface area (Å²) in [5.74, 6) is -1.13. The first-order valence-electron chi connectivity index (χ1n) is 7.42. The molecule has 1 rings (SSSR count). The van der Waals surface area contributed by atoms with Gasteiger partial charge in [0.2, 0.25) is 11.8 Å². The van der Waals surface area contributed by atoms with Gasteiger partial charge in [0.1, 0.15) is 0 Å². The predicted molar refractivity (Wildman–Crippen MR) is 89.0 cm³/mol. The molecule has 7 nitrogen and oxygen atoms in total. The predicted octanol–water partition coefficient (Wildman–Crippen LogP) is 0.393. The molecule has 5 N–H and O–H groups in total. The van der Waals surface area contributed by atoms with Crippen molar-refractivity contribution in [1.29, 1.82) is 0 Å². The maximum atomic E-state index is 12.0. The van der Waals surface area contributed by atoms with Crippen LogP contribution in [0.5, 0.6) is 0 Å². The average molecular weight is 320 g/mol. The van der Waals surface area contributed by atoms with Gasteiger partial charge in [-0.15, -0.1) is 0 Å². The maximum absolute atomic E-state index is 12.0. The van der Waals surface area contributed by atoms with Crippen LogP contribution in [0.4, 0.5) is 5.69 Å². The Labute approximate surface area is 136 Å². The quantitative estimate of drug-likeness (QED) is 0.607. The molecule has 7 heteroatoms. The van der Waals surface area contributed by atoms with Crippen molar-refractivity contribution in [3.8, 4) is 0 Å². The number of rotatable bonds is 6. The molecule has 126 valence electrons. The Kier molecular flexibility index (Phi) is 6.71. The molecular weight excluding hydrogens is 296 g/mol. The minimum Gasteiger partial charge on any atom is -0.355 e. The molecule has 0 aliphatic carbocycles. The van der Waals surface area contributed by atoms with E-state index in [0.717, 1.165) is 5.56 Å². The number of amides is 3. The Morgan fingerprint density at radius 1 is 1.22 bits per heavy atom. The number of nitrogens with one attached hydrogen (secondary N) is 3. The lowest BCUT2D eigenvalue weighted by Gasteiger charge is -2.15. The van der Waals surface area contributed by atoms with Crippen LogP contribution in [0.2, 0.25) is 0 Å². The van der Waals surface area contributed by atoms with E-state index in [1.54, 1.807) is 18.2 Å². The van der Waals surface area contributed by atoms with Gasteiger partial charge < -0.3 is 21.7 Å². The molecule has 3 amide bonds. The Hall–Kier alpha value is -2.41. The monoisotopic (exact) mass is 320 g/mol. The number of nitrogens with two attached hydrogens (primary N) is 1. The molecule has 0 aliphatic rings. The van der Waals surface area contributed by atoms with Crippen LogP contribution >= 0.6 is 0 Å². The summed E-state index contributed by atoms with van der Waals surface area (Å²) in [5.41, 5.74) is 7.36. The molecule has 23 heavy (non-hydrogen) atoms. The van der Waals surface area contributed by atoms with Crippen LogP contribution in [0.15, 0.2) is 18.2 Å². The number of anilines is 1. The second-order valence-corrected chi connectivity index (χ2v) is 5.66. The number of benzene rings is 1. The van der Waals surface area contributed by atoms with Crippen LogP contribution in [0.25, 0.3) is 0 Å². The van der Waals surface area contributed by atoms with Gasteiger partial charge in [0, 0.05) is 7.05 Å². The fourth-order valence-electron chi connectivity index (χ4n) is 1.87. The molecule has 0 heterocycles. The van der Waals surface area contributed by atoms with Gasteiger partial charge in [-0.25, -0.2) is 0 Å². The molecule has 0 spiro atoms. The number of hydrogen-bond donors (Lipinski definition) is 4. The number of carbonyl (C=O) groups excluding carboxylic acids is 3. The molecule has 0 fully saturated rings. The van der Waals surface area contributed by atoms with Gasteiger partial charge in [0.05, 0.1) is 23.8 Å². The smallest absolute Gasteiger partial charge is 0.253 e. The molecule has 0 saturated heterocycles. The molecule has 0 aromatic heterocycles. The van der Waals surface area contributed by atoms with Crippen LogP contribution < -0.4 is 21.7 Å². The third-order valence-corrected chi connectivity index (χ3v) is 3.37. The van der Waals surface area contributed by atoms with Crippen LogP contribution in [-0.2, 0) is 9.59 Å². The first-order valence-corrected chi connectivity index (χ1v) is 7.42. The topological polar surface area (TPSA) is 113 Å².